The third-order valence-electron chi connectivity index (χ3n) is 15.5. The number of amides is 7. The predicted molar refractivity (Wildman–Crippen MR) is 419 cm³/mol. The number of fused-ring (bicyclic) bond motifs is 1. The molecule has 0 aromatic heterocycles. The van der Waals surface area contributed by atoms with E-state index in [9.17, 15) is 38.4 Å². The molecule has 3 rings (SSSR count). The van der Waals surface area contributed by atoms with Crippen molar-refractivity contribution in [3.8, 4) is 11.5 Å². The zero-order valence-electron chi connectivity index (χ0n) is 68.4. The van der Waals surface area contributed by atoms with Gasteiger partial charge < -0.3 is 151 Å². The number of carbonyl (C=O) groups is 8. The molecule has 1 aromatic rings. The van der Waals surface area contributed by atoms with E-state index in [0.29, 0.717) is 223 Å². The van der Waals surface area contributed by atoms with Gasteiger partial charge in [0.05, 0.1) is 289 Å². The van der Waals surface area contributed by atoms with Crippen LogP contribution in [0, 0.1) is 0 Å². The zero-order chi connectivity index (χ0) is 83.5. The van der Waals surface area contributed by atoms with E-state index >= 15 is 0 Å². The van der Waals surface area contributed by atoms with Crippen LogP contribution >= 0.6 is 11.8 Å². The quantitative estimate of drug-likeness (QED) is 0.0247. The summed E-state index contributed by atoms with van der Waals surface area (Å²) >= 11 is 1.89. The van der Waals surface area contributed by atoms with Gasteiger partial charge in [-0.1, -0.05) is 6.42 Å². The van der Waals surface area contributed by atoms with E-state index in [0.717, 1.165) is 25.0 Å². The molecule has 3 atom stereocenters. The van der Waals surface area contributed by atoms with Crippen LogP contribution in [0.1, 0.15) is 76.1 Å². The number of carboxylic acids is 1. The smallest absolute Gasteiger partial charge is 0.315 e. The van der Waals surface area contributed by atoms with E-state index in [4.69, 9.17) is 114 Å². The summed E-state index contributed by atoms with van der Waals surface area (Å²) in [6.07, 6.45) is 3.43. The number of hydrogen-bond donors (Lipinski definition) is 8. The van der Waals surface area contributed by atoms with Gasteiger partial charge in [0, 0.05) is 68.2 Å². The van der Waals surface area contributed by atoms with Crippen LogP contribution in [0.5, 0.6) is 11.5 Å². The van der Waals surface area contributed by atoms with Crippen molar-refractivity contribution in [3.05, 3.63) is 23.8 Å². The molecule has 7 amide bonds. The van der Waals surface area contributed by atoms with Crippen molar-refractivity contribution in [2.45, 2.75) is 88.7 Å². The lowest BCUT2D eigenvalue weighted by Crippen LogP contribution is -2.36. The lowest BCUT2D eigenvalue weighted by atomic mass is 10.0. The number of thioether (sulfide) groups is 1. The number of rotatable bonds is 84. The average Bonchev–Trinajstić information content (AvgIpc) is 1.71. The minimum atomic E-state index is -0.928. The minimum Gasteiger partial charge on any atom is -0.484 e. The third kappa shape index (κ3) is 64.9. The van der Waals surface area contributed by atoms with Gasteiger partial charge in [0.1, 0.15) is 17.1 Å². The number of carboxylic acid groups (broad SMARTS) is 1. The minimum absolute atomic E-state index is 0.0247. The fraction of sp³-hybridized carbons (Fsp3) is 0.816. The van der Waals surface area contributed by atoms with Crippen molar-refractivity contribution >= 4 is 59.3 Å². The highest BCUT2D eigenvalue weighted by molar-refractivity contribution is 8.00. The Morgan fingerprint density at radius 3 is 1.04 bits per heavy atom. The molecule has 0 radical (unpaired) electrons. The second-order valence-corrected chi connectivity index (χ2v) is 27.5. The third-order valence-corrected chi connectivity index (χ3v) is 17.0. The molecule has 670 valence electrons. The van der Waals surface area contributed by atoms with Gasteiger partial charge in [0.15, 0.2) is 13.2 Å². The van der Waals surface area contributed by atoms with Crippen LogP contribution in [0.2, 0.25) is 0 Å². The molecule has 2 aliphatic rings. The number of carbonyl (C=O) groups excluding carboxylic acids is 7. The van der Waals surface area contributed by atoms with Gasteiger partial charge in [0.2, 0.25) is 11.8 Å². The highest BCUT2D eigenvalue weighted by Crippen LogP contribution is 2.33. The monoisotopic (exact) mass is 1690 g/mol. The number of hydrogen-bond acceptors (Lipinski definition) is 32. The van der Waals surface area contributed by atoms with Crippen LogP contribution in [-0.4, -0.2) is 392 Å². The molecule has 0 unspecified atom stereocenters. The van der Waals surface area contributed by atoms with E-state index in [1.807, 2.05) is 11.8 Å². The Hall–Kier alpha value is -6.07. The molecule has 2 fully saturated rings. The summed E-state index contributed by atoms with van der Waals surface area (Å²) in [4.78, 5) is 97.2. The van der Waals surface area contributed by atoms with Gasteiger partial charge in [-0.25, -0.2) is 4.79 Å². The second-order valence-electron chi connectivity index (χ2n) is 26.3. The number of ether oxygens (including phenoxy) is 23. The lowest BCUT2D eigenvalue weighted by Gasteiger charge is -2.19. The predicted octanol–water partition coefficient (Wildman–Crippen LogP) is 0.293. The molecule has 0 aliphatic carbocycles. The summed E-state index contributed by atoms with van der Waals surface area (Å²) in [5.74, 6) is -1.84. The fourth-order valence-electron chi connectivity index (χ4n) is 9.91. The first-order valence-electron chi connectivity index (χ1n) is 40.0. The number of nitrogens with one attached hydrogen (secondary N) is 7. The van der Waals surface area contributed by atoms with Crippen LogP contribution in [0.25, 0.3) is 0 Å². The van der Waals surface area contributed by atoms with Crippen molar-refractivity contribution in [1.82, 2.24) is 37.2 Å². The van der Waals surface area contributed by atoms with Crippen molar-refractivity contribution in [2.75, 3.05) is 316 Å². The first-order valence-corrected chi connectivity index (χ1v) is 41.1. The van der Waals surface area contributed by atoms with Crippen LogP contribution in [0.15, 0.2) is 18.2 Å². The average molecular weight is 1690 g/mol. The molecular weight excluding hydrogens is 1550 g/mol. The largest absolute Gasteiger partial charge is 0.484 e. The summed E-state index contributed by atoms with van der Waals surface area (Å²) in [7, 11) is 0. The molecule has 2 aliphatic heterocycles. The standard InChI is InChI=1S/C76H133N7O32S/c1-76(2,3)115-72(90)10-18-95-24-30-101-35-38-104-33-27-98-21-15-80-70(87)60-114-64-57-62(56-63(58-64)113-59-69(86)79-14-20-97-26-32-103-37-34-100-29-23-94-17-9-71(88)89)74(91)81-12-11-77-68(85)8-16-93-22-28-99-36-40-105-42-44-107-46-48-109-50-52-111-54-55-112-53-51-110-49-47-108-45-43-106-41-39-102-31-25-96-19-13-78-67(84)7-5-4-6-66-73-65(61-116-66)82-75(92)83-73/h56-58,65-66,73H,4-55,59-61H2,1-3H3,(H,77,85)(H,78,84)(H,79,86)(H,80,87)(H,81,91)(H,88,89)(H2,82,83,92)/t65-,66-,73-/m0/s1. The molecule has 0 bridgehead atoms. The maximum Gasteiger partial charge on any atom is 0.315 e. The second kappa shape index (κ2) is 74.0. The van der Waals surface area contributed by atoms with E-state index in [1.54, 1.807) is 20.8 Å². The maximum absolute atomic E-state index is 13.4. The van der Waals surface area contributed by atoms with Gasteiger partial charge in [-0.05, 0) is 45.7 Å². The first kappa shape index (κ1) is 104. The Kier molecular flexibility index (Phi) is 66.4. The molecule has 116 heavy (non-hydrogen) atoms. The van der Waals surface area contributed by atoms with Gasteiger partial charge in [-0.2, -0.15) is 11.8 Å². The number of esters is 1. The summed E-state index contributed by atoms with van der Waals surface area (Å²) in [6.45, 7) is 19.8. The molecule has 39 nitrogen and oxygen atoms in total. The maximum atomic E-state index is 13.4. The Balaban J connectivity index is 1.09. The highest BCUT2D eigenvalue weighted by Gasteiger charge is 2.42. The molecule has 1 aromatic carbocycles. The van der Waals surface area contributed by atoms with E-state index in [1.165, 1.54) is 18.2 Å². The van der Waals surface area contributed by atoms with E-state index < -0.39 is 42.5 Å². The number of aliphatic carboxylic acids is 1. The molecule has 0 spiro atoms. The molecule has 2 heterocycles. The van der Waals surface area contributed by atoms with Gasteiger partial charge >= 0.3 is 18.0 Å². The summed E-state index contributed by atoms with van der Waals surface area (Å²) < 4.78 is 127. The molecule has 40 heteroatoms. The Bertz CT molecular complexity index is 2670. The summed E-state index contributed by atoms with van der Waals surface area (Å²) in [5, 5.41) is 28.7. The van der Waals surface area contributed by atoms with Crippen LogP contribution in [0.4, 0.5) is 4.79 Å². The van der Waals surface area contributed by atoms with Gasteiger partial charge in [-0.15, -0.1) is 0 Å². The lowest BCUT2D eigenvalue weighted by molar-refractivity contribution is -0.156. The van der Waals surface area contributed by atoms with E-state index in [2.05, 4.69) is 37.2 Å². The Labute approximate surface area is 686 Å². The fourth-order valence-corrected chi connectivity index (χ4v) is 11.4. The van der Waals surface area contributed by atoms with Gasteiger partial charge in [0.25, 0.3) is 17.7 Å². The van der Waals surface area contributed by atoms with Crippen molar-refractivity contribution in [3.63, 3.8) is 0 Å². The summed E-state index contributed by atoms with van der Waals surface area (Å²) in [6, 6.07) is 4.60. The van der Waals surface area contributed by atoms with Crippen LogP contribution < -0.4 is 46.7 Å². The Morgan fingerprint density at radius 1 is 0.371 bits per heavy atom. The topological polar surface area (TPSA) is 453 Å². The Morgan fingerprint density at radius 2 is 0.681 bits per heavy atom. The molecule has 0 saturated carbocycles. The van der Waals surface area contributed by atoms with Crippen molar-refractivity contribution in [1.29, 1.82) is 0 Å². The summed E-state index contributed by atoms with van der Waals surface area (Å²) in [5.41, 5.74) is -0.445. The number of benzene rings is 1. The first-order chi connectivity index (χ1) is 56.6. The number of unbranched alkanes of at least 4 members (excludes halogenated alkanes) is 1. The van der Waals surface area contributed by atoms with Crippen LogP contribution in [0.3, 0.4) is 0 Å². The zero-order valence-corrected chi connectivity index (χ0v) is 69.2. The highest BCUT2D eigenvalue weighted by atomic mass is 32.2. The number of urea groups is 1. The van der Waals surface area contributed by atoms with Crippen molar-refractivity contribution in [2.24, 2.45) is 0 Å². The van der Waals surface area contributed by atoms with E-state index in [-0.39, 0.29) is 158 Å². The SMILES string of the molecule is CC(C)(C)OC(=O)CCOCCOCCOCCOCCNC(=O)COc1cc(OCC(=O)NCCOCCOCCOCCOCCC(=O)O)cc(C(=O)NCCNC(=O)CCOCCOCCOCCOCCOCCOCCOCCOCCOCCOCCOCCOCCNC(=O)CCCC[C@@H]2SC[C@@H]3NC(=O)N[C@@H]32)c1. The van der Waals surface area contributed by atoms with Gasteiger partial charge in [-0.3, -0.25) is 33.6 Å². The molecule has 2 saturated heterocycles. The molecular formula is C76H133N7O32S. The van der Waals surface area contributed by atoms with Crippen LogP contribution in [-0.2, 0) is 128 Å². The van der Waals surface area contributed by atoms with Crippen molar-refractivity contribution < 1.29 is 152 Å². The molecule has 8 N–H and O–H groups in total. The normalized spacial score (nSPS) is 14.4.